The van der Waals surface area contributed by atoms with Crippen LogP contribution in [0.25, 0.3) is 0 Å². The molecular formula is C16H33ClN4O. The number of piperazine rings is 1. The monoisotopic (exact) mass is 332 g/mol. The van der Waals surface area contributed by atoms with Crippen molar-refractivity contribution >= 4 is 18.3 Å². The lowest BCUT2D eigenvalue weighted by Gasteiger charge is -2.38. The Morgan fingerprint density at radius 2 is 1.68 bits per heavy atom. The van der Waals surface area contributed by atoms with Crippen LogP contribution in [0.1, 0.15) is 26.7 Å². The number of piperidine rings is 1. The summed E-state index contributed by atoms with van der Waals surface area (Å²) in [5.74, 6) is 1.16. The third kappa shape index (κ3) is 6.03. The maximum atomic E-state index is 12.3. The van der Waals surface area contributed by atoms with E-state index in [9.17, 15) is 4.79 Å². The second-order valence-corrected chi connectivity index (χ2v) is 6.34. The summed E-state index contributed by atoms with van der Waals surface area (Å²) in [4.78, 5) is 19.1. The highest BCUT2D eigenvalue weighted by molar-refractivity contribution is 5.85. The molecule has 5 nitrogen and oxygen atoms in total. The second-order valence-electron chi connectivity index (χ2n) is 6.34. The first-order chi connectivity index (χ1) is 10.2. The molecule has 2 fully saturated rings. The molecule has 2 saturated heterocycles. The van der Waals surface area contributed by atoms with Crippen LogP contribution >= 0.6 is 12.4 Å². The van der Waals surface area contributed by atoms with Gasteiger partial charge in [-0.2, -0.15) is 0 Å². The van der Waals surface area contributed by atoms with E-state index in [2.05, 4.69) is 33.9 Å². The fourth-order valence-corrected chi connectivity index (χ4v) is 3.35. The van der Waals surface area contributed by atoms with E-state index in [4.69, 9.17) is 0 Å². The summed E-state index contributed by atoms with van der Waals surface area (Å²) in [5.41, 5.74) is 0. The molecule has 0 radical (unpaired) electrons. The molecule has 2 aliphatic heterocycles. The van der Waals surface area contributed by atoms with Crippen molar-refractivity contribution in [3.05, 3.63) is 0 Å². The van der Waals surface area contributed by atoms with E-state index in [0.29, 0.717) is 12.5 Å². The van der Waals surface area contributed by atoms with Crippen LogP contribution in [-0.2, 0) is 4.79 Å². The molecule has 2 heterocycles. The van der Waals surface area contributed by atoms with Gasteiger partial charge in [-0.25, -0.2) is 0 Å². The van der Waals surface area contributed by atoms with Gasteiger partial charge in [-0.3, -0.25) is 14.6 Å². The molecule has 0 aliphatic carbocycles. The van der Waals surface area contributed by atoms with Crippen molar-refractivity contribution in [2.24, 2.45) is 5.92 Å². The number of halogens is 1. The van der Waals surface area contributed by atoms with Crippen LogP contribution in [0.2, 0.25) is 0 Å². The fraction of sp³-hybridized carbons (Fsp3) is 0.938. The maximum absolute atomic E-state index is 12.3. The third-order valence-corrected chi connectivity index (χ3v) is 4.95. The largest absolute Gasteiger partial charge is 0.339 e. The summed E-state index contributed by atoms with van der Waals surface area (Å²) in [6, 6.07) is 0. The first-order valence-corrected chi connectivity index (χ1v) is 8.66. The molecule has 1 amide bonds. The van der Waals surface area contributed by atoms with E-state index in [-0.39, 0.29) is 12.4 Å². The van der Waals surface area contributed by atoms with Gasteiger partial charge in [0.15, 0.2) is 0 Å². The van der Waals surface area contributed by atoms with Crippen LogP contribution < -0.4 is 5.32 Å². The van der Waals surface area contributed by atoms with Gasteiger partial charge >= 0.3 is 0 Å². The normalized spacial score (nSPS) is 21.0. The number of hydrogen-bond acceptors (Lipinski definition) is 4. The number of carbonyl (C=O) groups excluding carboxylic acids is 1. The van der Waals surface area contributed by atoms with Gasteiger partial charge in [-0.1, -0.05) is 13.8 Å². The van der Waals surface area contributed by atoms with Gasteiger partial charge in [0.25, 0.3) is 0 Å². The maximum Gasteiger partial charge on any atom is 0.236 e. The van der Waals surface area contributed by atoms with Crippen molar-refractivity contribution in [3.63, 3.8) is 0 Å². The molecule has 0 saturated carbocycles. The van der Waals surface area contributed by atoms with Gasteiger partial charge in [0.1, 0.15) is 0 Å². The van der Waals surface area contributed by atoms with Gasteiger partial charge in [-0.15, -0.1) is 12.4 Å². The van der Waals surface area contributed by atoms with Crippen LogP contribution in [0.15, 0.2) is 0 Å². The van der Waals surface area contributed by atoms with Crippen molar-refractivity contribution in [1.82, 2.24) is 20.0 Å². The lowest BCUT2D eigenvalue weighted by Crippen LogP contribution is -2.52. The molecule has 6 heteroatoms. The first-order valence-electron chi connectivity index (χ1n) is 8.66. The number of amides is 1. The highest BCUT2D eigenvalue weighted by Gasteiger charge is 2.24. The smallest absolute Gasteiger partial charge is 0.236 e. The summed E-state index contributed by atoms with van der Waals surface area (Å²) in [6.45, 7) is 14.2. The Morgan fingerprint density at radius 1 is 1.09 bits per heavy atom. The Morgan fingerprint density at radius 3 is 2.23 bits per heavy atom. The fourth-order valence-electron chi connectivity index (χ4n) is 3.35. The zero-order chi connectivity index (χ0) is 15.1. The summed E-state index contributed by atoms with van der Waals surface area (Å²) in [5, 5.41) is 3.43. The van der Waals surface area contributed by atoms with Crippen molar-refractivity contribution in [3.8, 4) is 0 Å². The molecule has 0 aromatic heterocycles. The molecule has 2 aliphatic rings. The quantitative estimate of drug-likeness (QED) is 0.784. The molecule has 0 aromatic carbocycles. The molecule has 0 atom stereocenters. The van der Waals surface area contributed by atoms with Crippen molar-refractivity contribution in [2.75, 3.05) is 65.4 Å². The predicted octanol–water partition coefficient (Wildman–Crippen LogP) is 0.894. The van der Waals surface area contributed by atoms with E-state index < -0.39 is 0 Å². The van der Waals surface area contributed by atoms with Crippen molar-refractivity contribution in [2.45, 2.75) is 26.7 Å². The van der Waals surface area contributed by atoms with E-state index in [1.165, 1.54) is 32.5 Å². The zero-order valence-electron chi connectivity index (χ0n) is 14.2. The number of hydrogen-bond donors (Lipinski definition) is 1. The molecule has 130 valence electrons. The Labute approximate surface area is 141 Å². The van der Waals surface area contributed by atoms with Crippen LogP contribution in [0.4, 0.5) is 0 Å². The topological polar surface area (TPSA) is 38.8 Å². The zero-order valence-corrected chi connectivity index (χ0v) is 15.0. The van der Waals surface area contributed by atoms with Crippen molar-refractivity contribution < 1.29 is 4.79 Å². The summed E-state index contributed by atoms with van der Waals surface area (Å²) < 4.78 is 0. The van der Waals surface area contributed by atoms with Gasteiger partial charge < -0.3 is 10.2 Å². The van der Waals surface area contributed by atoms with Crippen LogP contribution in [0.3, 0.4) is 0 Å². The van der Waals surface area contributed by atoms with Crippen LogP contribution in [0.5, 0.6) is 0 Å². The van der Waals surface area contributed by atoms with Crippen molar-refractivity contribution in [1.29, 1.82) is 0 Å². The van der Waals surface area contributed by atoms with Gasteiger partial charge in [0.05, 0.1) is 6.54 Å². The first kappa shape index (κ1) is 19.7. The summed E-state index contributed by atoms with van der Waals surface area (Å²) >= 11 is 0. The Balaban J connectivity index is 0.00000242. The standard InChI is InChI=1S/C16H32N4O.ClH/c1-3-18(4-2)14-16(21)20-11-9-19(10-12-20)13-15-5-7-17-8-6-15;/h15,17H,3-14H2,1-2H3;1H. The molecule has 0 bridgehead atoms. The Kier molecular flexibility index (Phi) is 9.33. The lowest BCUT2D eigenvalue weighted by molar-refractivity contribution is -0.134. The van der Waals surface area contributed by atoms with Gasteiger partial charge in [-0.05, 0) is 44.9 Å². The van der Waals surface area contributed by atoms with E-state index in [1.54, 1.807) is 0 Å². The molecule has 0 unspecified atom stereocenters. The summed E-state index contributed by atoms with van der Waals surface area (Å²) in [6.07, 6.45) is 2.61. The minimum Gasteiger partial charge on any atom is -0.339 e. The van der Waals surface area contributed by atoms with E-state index >= 15 is 0 Å². The number of rotatable bonds is 6. The number of nitrogens with zero attached hydrogens (tertiary/aromatic N) is 3. The van der Waals surface area contributed by atoms with E-state index in [0.717, 1.165) is 45.2 Å². The molecule has 2 rings (SSSR count). The predicted molar refractivity (Wildman–Crippen MR) is 93.6 cm³/mol. The highest BCUT2D eigenvalue weighted by Crippen LogP contribution is 2.14. The second kappa shape index (κ2) is 10.4. The molecule has 22 heavy (non-hydrogen) atoms. The van der Waals surface area contributed by atoms with Gasteiger partial charge in [0, 0.05) is 32.7 Å². The minimum atomic E-state index is 0. The van der Waals surface area contributed by atoms with Crippen LogP contribution in [0, 0.1) is 5.92 Å². The van der Waals surface area contributed by atoms with Crippen LogP contribution in [-0.4, -0.2) is 86.1 Å². The molecule has 0 aromatic rings. The SMILES string of the molecule is CCN(CC)CC(=O)N1CCN(CC2CCNCC2)CC1.Cl. The number of likely N-dealkylation sites (N-methyl/N-ethyl adjacent to an activating group) is 1. The molecular weight excluding hydrogens is 300 g/mol. The average Bonchev–Trinajstić information content (AvgIpc) is 2.54. The number of nitrogens with one attached hydrogen (secondary N) is 1. The molecule has 0 spiro atoms. The highest BCUT2D eigenvalue weighted by atomic mass is 35.5. The Hall–Kier alpha value is -0.360. The Bertz CT molecular complexity index is 311. The third-order valence-electron chi connectivity index (χ3n) is 4.95. The van der Waals surface area contributed by atoms with Gasteiger partial charge in [0.2, 0.25) is 5.91 Å². The molecule has 1 N–H and O–H groups in total. The number of carbonyl (C=O) groups is 1. The summed E-state index contributed by atoms with van der Waals surface area (Å²) in [7, 11) is 0. The average molecular weight is 333 g/mol. The lowest BCUT2D eigenvalue weighted by atomic mass is 9.97. The van der Waals surface area contributed by atoms with E-state index in [1.807, 2.05) is 0 Å². The minimum absolute atomic E-state index is 0.